The topological polar surface area (TPSA) is 15.3 Å². The quantitative estimate of drug-likeness (QED) is 0.820. The molecule has 0 saturated carbocycles. The van der Waals surface area contributed by atoms with Crippen molar-refractivity contribution in [2.45, 2.75) is 19.5 Å². The Kier molecular flexibility index (Phi) is 6.03. The summed E-state index contributed by atoms with van der Waals surface area (Å²) in [5, 5.41) is 4.30. The van der Waals surface area contributed by atoms with Crippen molar-refractivity contribution in [3.05, 3.63) is 32.4 Å². The first-order valence-electron chi connectivity index (χ1n) is 5.31. The lowest BCUT2D eigenvalue weighted by molar-refractivity contribution is 0.349. The third-order valence-electron chi connectivity index (χ3n) is 2.29. The highest BCUT2D eigenvalue weighted by molar-refractivity contribution is 14.1. The molecule has 0 spiro atoms. The minimum Gasteiger partial charge on any atom is -0.309 e. The van der Waals surface area contributed by atoms with Gasteiger partial charge in [0.1, 0.15) is 0 Å². The maximum Gasteiger partial charge on any atom is 0.0409 e. The highest BCUT2D eigenvalue weighted by atomic mass is 127. The molecule has 2 nitrogen and oxygen atoms in total. The van der Waals surface area contributed by atoms with Gasteiger partial charge in [0.15, 0.2) is 0 Å². The lowest BCUT2D eigenvalue weighted by atomic mass is 10.2. The molecule has 0 aromatic heterocycles. The summed E-state index contributed by atoms with van der Waals surface area (Å²) in [7, 11) is 4.17. The second-order valence-corrected chi connectivity index (χ2v) is 5.88. The van der Waals surface area contributed by atoms with Gasteiger partial charge in [-0.1, -0.05) is 11.6 Å². The first-order valence-corrected chi connectivity index (χ1v) is 6.76. The number of benzene rings is 1. The molecule has 0 fully saturated rings. The summed E-state index contributed by atoms with van der Waals surface area (Å²) < 4.78 is 1.26. The molecule has 0 aliphatic heterocycles. The Morgan fingerprint density at radius 2 is 2.12 bits per heavy atom. The highest BCUT2D eigenvalue weighted by Crippen LogP contribution is 2.17. The standard InChI is InChI=1S/C12H18ClIN2/c1-9(8-16(2)3)15-7-10-6-11(13)4-5-12(10)14/h4-6,9,15H,7-8H2,1-3H3. The van der Waals surface area contributed by atoms with Crippen LogP contribution >= 0.6 is 34.2 Å². The second-order valence-electron chi connectivity index (χ2n) is 4.28. The van der Waals surface area contributed by atoms with Gasteiger partial charge >= 0.3 is 0 Å². The Labute approximate surface area is 116 Å². The van der Waals surface area contributed by atoms with Gasteiger partial charge in [-0.3, -0.25) is 0 Å². The van der Waals surface area contributed by atoms with E-state index in [1.54, 1.807) is 0 Å². The Hall–Kier alpha value is 0.160. The normalized spacial score (nSPS) is 13.1. The van der Waals surface area contributed by atoms with Gasteiger partial charge in [-0.2, -0.15) is 0 Å². The van der Waals surface area contributed by atoms with E-state index in [-0.39, 0.29) is 0 Å². The molecule has 1 aromatic carbocycles. The maximum atomic E-state index is 5.98. The first kappa shape index (κ1) is 14.2. The van der Waals surface area contributed by atoms with E-state index >= 15 is 0 Å². The first-order chi connectivity index (χ1) is 7.49. The molecule has 1 unspecified atom stereocenters. The van der Waals surface area contributed by atoms with E-state index in [2.05, 4.69) is 59.9 Å². The molecular formula is C12H18ClIN2. The third kappa shape index (κ3) is 4.99. The summed E-state index contributed by atoms with van der Waals surface area (Å²) in [5.74, 6) is 0. The van der Waals surface area contributed by atoms with Gasteiger partial charge in [-0.25, -0.2) is 0 Å². The van der Waals surface area contributed by atoms with Crippen LogP contribution in [0.4, 0.5) is 0 Å². The van der Waals surface area contributed by atoms with Gasteiger partial charge < -0.3 is 10.2 Å². The molecule has 16 heavy (non-hydrogen) atoms. The molecule has 0 heterocycles. The number of nitrogens with zero attached hydrogens (tertiary/aromatic N) is 1. The van der Waals surface area contributed by atoms with Gasteiger partial charge in [-0.15, -0.1) is 0 Å². The molecule has 90 valence electrons. The van der Waals surface area contributed by atoms with E-state index in [9.17, 15) is 0 Å². The molecule has 0 aliphatic carbocycles. The van der Waals surface area contributed by atoms with Crippen LogP contribution in [0.2, 0.25) is 5.02 Å². The van der Waals surface area contributed by atoms with Gasteiger partial charge in [0.05, 0.1) is 0 Å². The molecule has 0 amide bonds. The van der Waals surface area contributed by atoms with Crippen molar-refractivity contribution in [2.24, 2.45) is 0 Å². The number of likely N-dealkylation sites (N-methyl/N-ethyl adjacent to an activating group) is 1. The third-order valence-corrected chi connectivity index (χ3v) is 3.58. The molecule has 0 aliphatic rings. The van der Waals surface area contributed by atoms with E-state index in [1.165, 1.54) is 9.13 Å². The van der Waals surface area contributed by atoms with Gasteiger partial charge in [0, 0.05) is 27.7 Å². The molecule has 0 radical (unpaired) electrons. The van der Waals surface area contributed by atoms with Crippen LogP contribution < -0.4 is 5.32 Å². The van der Waals surface area contributed by atoms with Crippen molar-refractivity contribution in [3.63, 3.8) is 0 Å². The van der Waals surface area contributed by atoms with Crippen LogP contribution in [0.3, 0.4) is 0 Å². The Morgan fingerprint density at radius 3 is 2.75 bits per heavy atom. The SMILES string of the molecule is CC(CN(C)C)NCc1cc(Cl)ccc1I. The van der Waals surface area contributed by atoms with Gasteiger partial charge in [0.25, 0.3) is 0 Å². The minimum atomic E-state index is 0.477. The van der Waals surface area contributed by atoms with E-state index in [1.807, 2.05) is 12.1 Å². The average molecular weight is 353 g/mol. The molecular weight excluding hydrogens is 335 g/mol. The summed E-state index contributed by atoms with van der Waals surface area (Å²) in [6, 6.07) is 6.48. The summed E-state index contributed by atoms with van der Waals surface area (Å²) in [5.41, 5.74) is 1.26. The predicted octanol–water partition coefficient (Wildman–Crippen LogP) is 2.98. The Morgan fingerprint density at radius 1 is 1.44 bits per heavy atom. The van der Waals surface area contributed by atoms with Gasteiger partial charge in [-0.05, 0) is 67.4 Å². The van der Waals surface area contributed by atoms with E-state index < -0.39 is 0 Å². The van der Waals surface area contributed by atoms with Crippen LogP contribution in [0.5, 0.6) is 0 Å². The summed E-state index contributed by atoms with van der Waals surface area (Å²) >= 11 is 8.32. The molecule has 1 atom stereocenters. The number of rotatable bonds is 5. The fraction of sp³-hybridized carbons (Fsp3) is 0.500. The van der Waals surface area contributed by atoms with E-state index in [0.29, 0.717) is 6.04 Å². The zero-order chi connectivity index (χ0) is 12.1. The van der Waals surface area contributed by atoms with Crippen molar-refractivity contribution < 1.29 is 0 Å². The summed E-state index contributed by atoms with van der Waals surface area (Å²) in [4.78, 5) is 2.18. The Bertz CT molecular complexity index is 342. The fourth-order valence-corrected chi connectivity index (χ4v) is 2.30. The lowest BCUT2D eigenvalue weighted by Crippen LogP contribution is -2.35. The largest absolute Gasteiger partial charge is 0.309 e. The average Bonchev–Trinajstić information content (AvgIpc) is 2.18. The fourth-order valence-electron chi connectivity index (χ4n) is 1.58. The number of nitrogens with one attached hydrogen (secondary N) is 1. The number of hydrogen-bond donors (Lipinski definition) is 1. The summed E-state index contributed by atoms with van der Waals surface area (Å²) in [6.07, 6.45) is 0. The lowest BCUT2D eigenvalue weighted by Gasteiger charge is -2.18. The second kappa shape index (κ2) is 6.79. The molecule has 1 aromatic rings. The van der Waals surface area contributed by atoms with Crippen LogP contribution in [0.25, 0.3) is 0 Å². The minimum absolute atomic E-state index is 0.477. The van der Waals surface area contributed by atoms with Crippen LogP contribution in [-0.2, 0) is 6.54 Å². The zero-order valence-electron chi connectivity index (χ0n) is 9.93. The van der Waals surface area contributed by atoms with Crippen molar-refractivity contribution >= 4 is 34.2 Å². The predicted molar refractivity (Wildman–Crippen MR) is 79.0 cm³/mol. The molecule has 4 heteroatoms. The maximum absolute atomic E-state index is 5.98. The highest BCUT2D eigenvalue weighted by Gasteiger charge is 2.05. The van der Waals surface area contributed by atoms with Crippen LogP contribution in [0.15, 0.2) is 18.2 Å². The van der Waals surface area contributed by atoms with Crippen molar-refractivity contribution in [1.29, 1.82) is 0 Å². The van der Waals surface area contributed by atoms with Crippen LogP contribution in [0, 0.1) is 3.57 Å². The van der Waals surface area contributed by atoms with Gasteiger partial charge in [0.2, 0.25) is 0 Å². The van der Waals surface area contributed by atoms with Crippen molar-refractivity contribution in [2.75, 3.05) is 20.6 Å². The molecule has 0 saturated heterocycles. The molecule has 1 rings (SSSR count). The van der Waals surface area contributed by atoms with Crippen LogP contribution in [0.1, 0.15) is 12.5 Å². The molecule has 1 N–H and O–H groups in total. The number of halogens is 2. The van der Waals surface area contributed by atoms with Crippen molar-refractivity contribution in [1.82, 2.24) is 10.2 Å². The van der Waals surface area contributed by atoms with Crippen LogP contribution in [-0.4, -0.2) is 31.6 Å². The summed E-state index contributed by atoms with van der Waals surface area (Å²) in [6.45, 7) is 4.10. The zero-order valence-corrected chi connectivity index (χ0v) is 12.8. The van der Waals surface area contributed by atoms with Crippen molar-refractivity contribution in [3.8, 4) is 0 Å². The Balaban J connectivity index is 2.51. The van der Waals surface area contributed by atoms with E-state index in [4.69, 9.17) is 11.6 Å². The van der Waals surface area contributed by atoms with E-state index in [0.717, 1.165) is 18.1 Å². The number of hydrogen-bond acceptors (Lipinski definition) is 2. The monoisotopic (exact) mass is 352 g/mol. The smallest absolute Gasteiger partial charge is 0.0409 e. The molecule has 0 bridgehead atoms.